The van der Waals surface area contributed by atoms with Crippen LogP contribution in [0, 0.1) is 6.92 Å². The molecule has 3 aromatic rings. The molecular formula is C17H13Cl2N3O. The minimum atomic E-state index is -0.286. The minimum absolute atomic E-state index is 0.286. The lowest BCUT2D eigenvalue weighted by atomic mass is 10.1. The molecule has 6 heteroatoms. The van der Waals surface area contributed by atoms with Gasteiger partial charge in [0, 0.05) is 21.3 Å². The number of aryl methyl sites for hydroxylation is 1. The van der Waals surface area contributed by atoms with Gasteiger partial charge in [-0.25, -0.2) is 0 Å². The van der Waals surface area contributed by atoms with Crippen LogP contribution in [-0.4, -0.2) is 16.1 Å². The quantitative estimate of drug-likeness (QED) is 0.705. The molecule has 2 N–H and O–H groups in total. The molecule has 0 saturated heterocycles. The van der Waals surface area contributed by atoms with Gasteiger partial charge in [-0.05, 0) is 42.8 Å². The number of aromatic nitrogens is 2. The van der Waals surface area contributed by atoms with E-state index in [0.29, 0.717) is 27.1 Å². The van der Waals surface area contributed by atoms with Crippen molar-refractivity contribution in [2.24, 2.45) is 0 Å². The average Bonchev–Trinajstić information content (AvgIpc) is 3.01. The van der Waals surface area contributed by atoms with Crippen molar-refractivity contribution in [3.63, 3.8) is 0 Å². The Morgan fingerprint density at radius 3 is 2.70 bits per heavy atom. The fourth-order valence-electron chi connectivity index (χ4n) is 2.10. The molecule has 2 aromatic carbocycles. The molecule has 1 heterocycles. The van der Waals surface area contributed by atoms with Gasteiger partial charge in [0.1, 0.15) is 5.69 Å². The van der Waals surface area contributed by atoms with Crippen LogP contribution in [0.3, 0.4) is 0 Å². The Morgan fingerprint density at radius 1 is 1.13 bits per heavy atom. The highest BCUT2D eigenvalue weighted by atomic mass is 35.5. The molecule has 0 bridgehead atoms. The molecule has 0 radical (unpaired) electrons. The number of hydrogen-bond acceptors (Lipinski definition) is 2. The van der Waals surface area contributed by atoms with Crippen LogP contribution in [0.5, 0.6) is 0 Å². The van der Waals surface area contributed by atoms with Crippen molar-refractivity contribution in [1.29, 1.82) is 0 Å². The third kappa shape index (κ3) is 3.55. The fourth-order valence-corrected chi connectivity index (χ4v) is 2.47. The third-order valence-electron chi connectivity index (χ3n) is 3.37. The number of H-pyrrole nitrogens is 1. The van der Waals surface area contributed by atoms with Crippen molar-refractivity contribution in [2.45, 2.75) is 6.92 Å². The topological polar surface area (TPSA) is 57.8 Å². The first-order chi connectivity index (χ1) is 11.0. The molecule has 0 atom stereocenters. The second-order valence-corrected chi connectivity index (χ2v) is 5.94. The van der Waals surface area contributed by atoms with Crippen LogP contribution in [0.15, 0.2) is 48.5 Å². The van der Waals surface area contributed by atoms with E-state index in [9.17, 15) is 4.79 Å². The van der Waals surface area contributed by atoms with Gasteiger partial charge in [-0.3, -0.25) is 9.89 Å². The average molecular weight is 346 g/mol. The smallest absolute Gasteiger partial charge is 0.273 e. The molecular weight excluding hydrogens is 333 g/mol. The van der Waals surface area contributed by atoms with Gasteiger partial charge >= 0.3 is 0 Å². The molecule has 0 saturated carbocycles. The van der Waals surface area contributed by atoms with E-state index in [0.717, 1.165) is 11.1 Å². The van der Waals surface area contributed by atoms with Crippen LogP contribution in [0.4, 0.5) is 5.69 Å². The molecule has 0 aliphatic carbocycles. The number of halogens is 2. The highest BCUT2D eigenvalue weighted by Gasteiger charge is 2.12. The summed E-state index contributed by atoms with van der Waals surface area (Å²) < 4.78 is 0. The van der Waals surface area contributed by atoms with E-state index in [1.807, 2.05) is 25.1 Å². The number of hydrogen-bond donors (Lipinski definition) is 2. The maximum Gasteiger partial charge on any atom is 0.273 e. The van der Waals surface area contributed by atoms with E-state index < -0.39 is 0 Å². The van der Waals surface area contributed by atoms with Crippen LogP contribution in [-0.2, 0) is 0 Å². The van der Waals surface area contributed by atoms with Crippen LogP contribution >= 0.6 is 23.2 Å². The van der Waals surface area contributed by atoms with Gasteiger partial charge in [0.2, 0.25) is 0 Å². The van der Waals surface area contributed by atoms with Gasteiger partial charge < -0.3 is 5.32 Å². The van der Waals surface area contributed by atoms with Crippen molar-refractivity contribution >= 4 is 34.8 Å². The molecule has 23 heavy (non-hydrogen) atoms. The predicted molar refractivity (Wildman–Crippen MR) is 93.2 cm³/mol. The molecule has 0 spiro atoms. The van der Waals surface area contributed by atoms with E-state index >= 15 is 0 Å². The largest absolute Gasteiger partial charge is 0.321 e. The Bertz CT molecular complexity index is 874. The predicted octanol–water partition coefficient (Wildman–Crippen LogP) is 4.94. The van der Waals surface area contributed by atoms with Crippen molar-refractivity contribution < 1.29 is 4.79 Å². The SMILES string of the molecule is Cc1ccc(NC(=O)c2cc(-c3cccc(Cl)c3)n[nH]2)cc1Cl. The van der Waals surface area contributed by atoms with E-state index in [1.165, 1.54) is 0 Å². The zero-order chi connectivity index (χ0) is 16.4. The first kappa shape index (κ1) is 15.6. The Kier molecular flexibility index (Phi) is 4.37. The van der Waals surface area contributed by atoms with Gasteiger partial charge in [0.15, 0.2) is 0 Å². The van der Waals surface area contributed by atoms with Gasteiger partial charge in [-0.2, -0.15) is 5.10 Å². The highest BCUT2D eigenvalue weighted by Crippen LogP contribution is 2.23. The molecule has 0 aliphatic rings. The number of aromatic amines is 1. The summed E-state index contributed by atoms with van der Waals surface area (Å²) >= 11 is 12.0. The van der Waals surface area contributed by atoms with E-state index in [1.54, 1.807) is 30.3 Å². The molecule has 4 nitrogen and oxygen atoms in total. The van der Waals surface area contributed by atoms with Gasteiger partial charge in [0.25, 0.3) is 5.91 Å². The zero-order valence-corrected chi connectivity index (χ0v) is 13.7. The maximum atomic E-state index is 12.3. The zero-order valence-electron chi connectivity index (χ0n) is 12.2. The summed E-state index contributed by atoms with van der Waals surface area (Å²) in [4.78, 5) is 12.3. The van der Waals surface area contributed by atoms with Crippen molar-refractivity contribution in [1.82, 2.24) is 10.2 Å². The highest BCUT2D eigenvalue weighted by molar-refractivity contribution is 6.31. The molecule has 3 rings (SSSR count). The number of nitrogens with zero attached hydrogens (tertiary/aromatic N) is 1. The summed E-state index contributed by atoms with van der Waals surface area (Å²) in [5, 5.41) is 10.9. The normalized spacial score (nSPS) is 10.6. The Hall–Kier alpha value is -2.30. The van der Waals surface area contributed by atoms with Crippen LogP contribution in [0.1, 0.15) is 16.1 Å². The monoisotopic (exact) mass is 345 g/mol. The summed E-state index contributed by atoms with van der Waals surface area (Å²) in [5.41, 5.74) is 3.43. The Morgan fingerprint density at radius 2 is 1.96 bits per heavy atom. The maximum absolute atomic E-state index is 12.3. The van der Waals surface area contributed by atoms with Crippen LogP contribution < -0.4 is 5.32 Å². The first-order valence-corrected chi connectivity index (χ1v) is 7.67. The third-order valence-corrected chi connectivity index (χ3v) is 4.01. The number of benzene rings is 2. The van der Waals surface area contributed by atoms with Gasteiger partial charge in [-0.1, -0.05) is 41.4 Å². The number of anilines is 1. The van der Waals surface area contributed by atoms with Crippen molar-refractivity contribution in [2.75, 3.05) is 5.32 Å². The number of nitrogens with one attached hydrogen (secondary N) is 2. The second-order valence-electron chi connectivity index (χ2n) is 5.10. The molecule has 0 aliphatic heterocycles. The molecule has 0 unspecified atom stereocenters. The summed E-state index contributed by atoms with van der Waals surface area (Å²) in [6.45, 7) is 1.90. The van der Waals surface area contributed by atoms with Crippen LogP contribution in [0.2, 0.25) is 10.0 Å². The van der Waals surface area contributed by atoms with E-state index in [2.05, 4.69) is 15.5 Å². The summed E-state index contributed by atoms with van der Waals surface area (Å²) in [6.07, 6.45) is 0. The van der Waals surface area contributed by atoms with E-state index in [-0.39, 0.29) is 5.91 Å². The minimum Gasteiger partial charge on any atom is -0.321 e. The first-order valence-electron chi connectivity index (χ1n) is 6.92. The number of carbonyl (C=O) groups is 1. The summed E-state index contributed by atoms with van der Waals surface area (Å²) in [7, 11) is 0. The van der Waals surface area contributed by atoms with Crippen molar-refractivity contribution in [3.8, 4) is 11.3 Å². The van der Waals surface area contributed by atoms with E-state index in [4.69, 9.17) is 23.2 Å². The molecule has 116 valence electrons. The molecule has 1 aromatic heterocycles. The van der Waals surface area contributed by atoms with Crippen molar-refractivity contribution in [3.05, 3.63) is 69.8 Å². The number of rotatable bonds is 3. The Balaban J connectivity index is 1.79. The van der Waals surface area contributed by atoms with Gasteiger partial charge in [-0.15, -0.1) is 0 Å². The fraction of sp³-hybridized carbons (Fsp3) is 0.0588. The lowest BCUT2D eigenvalue weighted by molar-refractivity contribution is 0.102. The standard InChI is InChI=1S/C17H13Cl2N3O/c1-10-5-6-13(8-14(10)19)20-17(23)16-9-15(21-22-16)11-3-2-4-12(18)7-11/h2-9H,1H3,(H,20,23)(H,21,22). The number of carbonyl (C=O) groups excluding carboxylic acids is 1. The Labute approximate surface area is 143 Å². The van der Waals surface area contributed by atoms with Crippen LogP contribution in [0.25, 0.3) is 11.3 Å². The lowest BCUT2D eigenvalue weighted by Gasteiger charge is -2.05. The lowest BCUT2D eigenvalue weighted by Crippen LogP contribution is -2.12. The number of amides is 1. The second kappa shape index (κ2) is 6.44. The summed E-state index contributed by atoms with van der Waals surface area (Å²) in [5.74, 6) is -0.286. The summed E-state index contributed by atoms with van der Waals surface area (Å²) in [6, 6.07) is 14.3. The van der Waals surface area contributed by atoms with Gasteiger partial charge in [0.05, 0.1) is 5.69 Å². The molecule has 0 fully saturated rings. The molecule has 1 amide bonds.